The number of nitrogens with zero attached hydrogens (tertiary/aromatic N) is 1. The van der Waals surface area contributed by atoms with E-state index < -0.39 is 12.0 Å². The minimum atomic E-state index is -0.781. The molecule has 0 bridgehead atoms. The first-order valence-corrected chi connectivity index (χ1v) is 11.9. The van der Waals surface area contributed by atoms with Crippen LogP contribution in [0.1, 0.15) is 53.2 Å². The van der Waals surface area contributed by atoms with Crippen molar-refractivity contribution in [1.29, 1.82) is 0 Å². The van der Waals surface area contributed by atoms with Gasteiger partial charge in [0.25, 0.3) is 0 Å². The van der Waals surface area contributed by atoms with E-state index in [1.54, 1.807) is 0 Å². The molecule has 2 aliphatic heterocycles. The minimum absolute atomic E-state index is 0.119. The quantitative estimate of drug-likeness (QED) is 0.276. The molecule has 0 radical (unpaired) electrons. The number of fused-ring (bicyclic) bond motifs is 1. The van der Waals surface area contributed by atoms with Crippen LogP contribution in [0.2, 0.25) is 0 Å². The van der Waals surface area contributed by atoms with Gasteiger partial charge in [-0.15, -0.1) is 0 Å². The maximum atomic E-state index is 12.4. The molecule has 1 aromatic carbocycles. The molecule has 192 valence electrons. The zero-order valence-corrected chi connectivity index (χ0v) is 20.7. The molecule has 3 rings (SSSR count). The molecule has 0 atom stereocenters. The summed E-state index contributed by atoms with van der Waals surface area (Å²) >= 11 is 0. The highest BCUT2D eigenvalue weighted by Crippen LogP contribution is 2.41. The van der Waals surface area contributed by atoms with Gasteiger partial charge in [0.1, 0.15) is 12.4 Å². The molecule has 3 N–H and O–H groups in total. The maximum absolute atomic E-state index is 12.4. The van der Waals surface area contributed by atoms with E-state index in [9.17, 15) is 14.4 Å². The summed E-state index contributed by atoms with van der Waals surface area (Å²) in [6.45, 7) is 8.55. The second kappa shape index (κ2) is 12.6. The van der Waals surface area contributed by atoms with Crippen LogP contribution in [-0.4, -0.2) is 69.4 Å². The summed E-state index contributed by atoms with van der Waals surface area (Å²) in [7, 11) is 1.54. The summed E-state index contributed by atoms with van der Waals surface area (Å²) in [6, 6.07) is -0.781. The van der Waals surface area contributed by atoms with E-state index in [2.05, 4.69) is 10.2 Å². The number of ether oxygens (including phenoxy) is 4. The number of urea groups is 1. The third-order valence-corrected chi connectivity index (χ3v) is 6.29. The standard InChI is InChI=1S/C25H35N3O7/c1-16(6-8-20(29)34-12-4-9-28-10-13-33-14-11-28)5-7-18-22(27-25(26)31)21-19(15-35-24(21)30)17(2)23(18)32-3/h5H,4,6-15H2,1-3H3,(H3,26,27,31). The highest BCUT2D eigenvalue weighted by molar-refractivity contribution is 6.05. The van der Waals surface area contributed by atoms with Gasteiger partial charge < -0.3 is 30.0 Å². The second-order valence-electron chi connectivity index (χ2n) is 8.71. The zero-order chi connectivity index (χ0) is 25.4. The fourth-order valence-electron chi connectivity index (χ4n) is 4.36. The number of esters is 2. The molecule has 10 heteroatoms. The summed E-state index contributed by atoms with van der Waals surface area (Å²) in [6.07, 6.45) is 3.94. The van der Waals surface area contributed by atoms with Crippen molar-refractivity contribution in [3.05, 3.63) is 33.9 Å². The van der Waals surface area contributed by atoms with Gasteiger partial charge >= 0.3 is 18.0 Å². The van der Waals surface area contributed by atoms with E-state index >= 15 is 0 Å². The third-order valence-electron chi connectivity index (χ3n) is 6.29. The van der Waals surface area contributed by atoms with Crippen LogP contribution < -0.4 is 15.8 Å². The molecule has 2 heterocycles. The summed E-state index contributed by atoms with van der Waals surface area (Å²) in [5.74, 6) is -0.174. The Morgan fingerprint density at radius 1 is 1.23 bits per heavy atom. The molecule has 1 aromatic rings. The molecule has 0 aromatic heterocycles. The number of hydrogen-bond acceptors (Lipinski definition) is 8. The SMILES string of the molecule is COc1c(C)c2c(c(NC(N)=O)c1CC=C(C)CCC(=O)OCCCN1CCOCC1)C(=O)OC2. The van der Waals surface area contributed by atoms with Crippen LogP contribution in [0.15, 0.2) is 11.6 Å². The van der Waals surface area contributed by atoms with Crippen molar-refractivity contribution >= 4 is 23.7 Å². The highest BCUT2D eigenvalue weighted by atomic mass is 16.5. The van der Waals surface area contributed by atoms with E-state index in [0.29, 0.717) is 47.6 Å². The molecule has 10 nitrogen and oxygen atoms in total. The first-order valence-electron chi connectivity index (χ1n) is 11.9. The Balaban J connectivity index is 1.58. The van der Waals surface area contributed by atoms with E-state index in [0.717, 1.165) is 50.4 Å². The summed E-state index contributed by atoms with van der Waals surface area (Å²) in [5.41, 5.74) is 9.06. The number of benzene rings is 1. The Labute approximate surface area is 205 Å². The Morgan fingerprint density at radius 2 is 1.97 bits per heavy atom. The number of nitrogens with one attached hydrogen (secondary N) is 1. The molecule has 0 saturated carbocycles. The van der Waals surface area contributed by atoms with E-state index in [1.165, 1.54) is 7.11 Å². The average molecular weight is 490 g/mol. The van der Waals surface area contributed by atoms with Crippen molar-refractivity contribution in [2.24, 2.45) is 5.73 Å². The smallest absolute Gasteiger partial charge is 0.341 e. The fourth-order valence-corrected chi connectivity index (χ4v) is 4.36. The summed E-state index contributed by atoms with van der Waals surface area (Å²) in [4.78, 5) is 38.5. The Morgan fingerprint density at radius 3 is 2.66 bits per heavy atom. The Hall–Kier alpha value is -3.11. The van der Waals surface area contributed by atoms with Crippen molar-refractivity contribution in [3.8, 4) is 5.75 Å². The number of allylic oxidation sites excluding steroid dienone is 2. The van der Waals surface area contributed by atoms with E-state index in [-0.39, 0.29) is 19.0 Å². The van der Waals surface area contributed by atoms with Gasteiger partial charge in [-0.1, -0.05) is 11.6 Å². The predicted octanol–water partition coefficient (Wildman–Crippen LogP) is 2.70. The van der Waals surface area contributed by atoms with Crippen molar-refractivity contribution < 1.29 is 33.3 Å². The first kappa shape index (κ1) is 26.5. The zero-order valence-electron chi connectivity index (χ0n) is 20.7. The number of rotatable bonds is 11. The van der Waals surface area contributed by atoms with Crippen molar-refractivity contribution in [3.63, 3.8) is 0 Å². The van der Waals surface area contributed by atoms with Gasteiger partial charge in [0.2, 0.25) is 0 Å². The summed E-state index contributed by atoms with van der Waals surface area (Å²) in [5, 5.41) is 2.58. The molecule has 1 saturated heterocycles. The number of methoxy groups -OCH3 is 1. The Bertz CT molecular complexity index is 984. The molecular weight excluding hydrogens is 454 g/mol. The molecule has 2 amide bonds. The van der Waals surface area contributed by atoms with Gasteiger partial charge in [0, 0.05) is 37.2 Å². The lowest BCUT2D eigenvalue weighted by molar-refractivity contribution is -0.143. The molecule has 0 aliphatic carbocycles. The van der Waals surface area contributed by atoms with Gasteiger partial charge in [0.15, 0.2) is 0 Å². The van der Waals surface area contributed by atoms with Crippen LogP contribution in [0, 0.1) is 6.92 Å². The third kappa shape index (κ3) is 6.95. The fraction of sp³-hybridized carbons (Fsp3) is 0.560. The van der Waals surface area contributed by atoms with Crippen LogP contribution in [0.25, 0.3) is 0 Å². The number of amides is 2. The van der Waals surface area contributed by atoms with Gasteiger partial charge in [-0.05, 0) is 38.7 Å². The first-order chi connectivity index (χ1) is 16.8. The number of anilines is 1. The summed E-state index contributed by atoms with van der Waals surface area (Å²) < 4.78 is 21.5. The largest absolute Gasteiger partial charge is 0.496 e. The second-order valence-corrected chi connectivity index (χ2v) is 8.71. The number of primary amides is 1. The van der Waals surface area contributed by atoms with Crippen LogP contribution in [0.3, 0.4) is 0 Å². The molecule has 1 fully saturated rings. The number of morpholine rings is 1. The van der Waals surface area contributed by atoms with Gasteiger partial charge in [-0.25, -0.2) is 9.59 Å². The lowest BCUT2D eigenvalue weighted by Gasteiger charge is -2.26. The van der Waals surface area contributed by atoms with Crippen LogP contribution >= 0.6 is 0 Å². The lowest BCUT2D eigenvalue weighted by atomic mass is 9.93. The maximum Gasteiger partial charge on any atom is 0.341 e. The number of carbonyl (C=O) groups excluding carboxylic acids is 3. The van der Waals surface area contributed by atoms with Crippen molar-refractivity contribution in [2.75, 3.05) is 51.9 Å². The molecule has 2 aliphatic rings. The van der Waals surface area contributed by atoms with E-state index in [1.807, 2.05) is 19.9 Å². The van der Waals surface area contributed by atoms with Gasteiger partial charge in [-0.3, -0.25) is 9.69 Å². The number of hydrogen-bond donors (Lipinski definition) is 2. The molecule has 35 heavy (non-hydrogen) atoms. The van der Waals surface area contributed by atoms with Crippen molar-refractivity contribution in [2.45, 2.75) is 46.1 Å². The van der Waals surface area contributed by atoms with Gasteiger partial charge in [0.05, 0.1) is 38.2 Å². The minimum Gasteiger partial charge on any atom is -0.496 e. The van der Waals surface area contributed by atoms with Crippen molar-refractivity contribution in [1.82, 2.24) is 4.90 Å². The number of cyclic esters (lactones) is 1. The van der Waals surface area contributed by atoms with Gasteiger partial charge in [-0.2, -0.15) is 0 Å². The monoisotopic (exact) mass is 489 g/mol. The Kier molecular flexibility index (Phi) is 9.50. The number of carbonyl (C=O) groups is 3. The lowest BCUT2D eigenvalue weighted by Crippen LogP contribution is -2.37. The van der Waals surface area contributed by atoms with Crippen LogP contribution in [0.4, 0.5) is 10.5 Å². The normalized spacial score (nSPS) is 16.0. The van der Waals surface area contributed by atoms with E-state index in [4.69, 9.17) is 24.7 Å². The molecule has 0 unspecified atom stereocenters. The molecule has 0 spiro atoms. The topological polar surface area (TPSA) is 129 Å². The van der Waals surface area contributed by atoms with Crippen LogP contribution in [0.5, 0.6) is 5.75 Å². The number of nitrogens with two attached hydrogens (primary N) is 1. The molecular formula is C25H35N3O7. The average Bonchev–Trinajstić information content (AvgIpc) is 3.23. The van der Waals surface area contributed by atoms with Crippen LogP contribution in [-0.2, 0) is 32.0 Å². The highest BCUT2D eigenvalue weighted by Gasteiger charge is 2.32. The predicted molar refractivity (Wildman–Crippen MR) is 130 cm³/mol.